The molecule has 2 aliphatic rings. The zero-order valence-corrected chi connectivity index (χ0v) is 16.7. The monoisotopic (exact) mass is 407 g/mol. The summed E-state index contributed by atoms with van der Waals surface area (Å²) in [6, 6.07) is 7.23. The van der Waals surface area contributed by atoms with Gasteiger partial charge in [0.05, 0.1) is 41.3 Å². The number of ether oxygens (including phenoxy) is 2. The van der Waals surface area contributed by atoms with Crippen LogP contribution >= 0.6 is 0 Å². The third-order valence-electron chi connectivity index (χ3n) is 5.99. The normalized spacial score (nSPS) is 19.2. The summed E-state index contributed by atoms with van der Waals surface area (Å²) in [7, 11) is 0. The Morgan fingerprint density at radius 2 is 2.10 bits per heavy atom. The largest absolute Gasteiger partial charge is 0.492 e. The maximum absolute atomic E-state index is 13.2. The minimum atomic E-state index is -1.83. The molecule has 0 saturated heterocycles. The van der Waals surface area contributed by atoms with E-state index in [9.17, 15) is 14.7 Å². The van der Waals surface area contributed by atoms with Gasteiger partial charge in [0.25, 0.3) is 5.56 Å². The molecular weight excluding hydrogens is 386 g/mol. The number of nitrogens with zero attached hydrogens (tertiary/aromatic N) is 2. The first-order valence-corrected chi connectivity index (χ1v) is 9.91. The van der Waals surface area contributed by atoms with Crippen molar-refractivity contribution in [3.05, 3.63) is 51.3 Å². The number of aliphatic hydroxyl groups is 1. The van der Waals surface area contributed by atoms with Gasteiger partial charge in [-0.3, -0.25) is 4.79 Å². The molecule has 8 heteroatoms. The molecule has 4 heterocycles. The summed E-state index contributed by atoms with van der Waals surface area (Å²) in [6.07, 6.45) is 0.108. The van der Waals surface area contributed by atoms with E-state index >= 15 is 0 Å². The second kappa shape index (κ2) is 6.30. The molecule has 154 valence electrons. The lowest BCUT2D eigenvalue weighted by Crippen LogP contribution is -2.44. The van der Waals surface area contributed by atoms with E-state index in [4.69, 9.17) is 20.2 Å². The molecule has 8 nitrogen and oxygen atoms in total. The van der Waals surface area contributed by atoms with E-state index in [2.05, 4.69) is 0 Å². The van der Waals surface area contributed by atoms with Gasteiger partial charge < -0.3 is 24.9 Å². The van der Waals surface area contributed by atoms with Gasteiger partial charge in [-0.15, -0.1) is 0 Å². The van der Waals surface area contributed by atoms with Crippen LogP contribution in [0.15, 0.2) is 29.1 Å². The number of nitrogens with two attached hydrogens (primary N) is 1. The van der Waals surface area contributed by atoms with Gasteiger partial charge in [0, 0.05) is 16.5 Å². The second-order valence-corrected chi connectivity index (χ2v) is 7.58. The number of pyridine rings is 2. The molecule has 0 bridgehead atoms. The highest BCUT2D eigenvalue weighted by molar-refractivity contribution is 5.96. The van der Waals surface area contributed by atoms with E-state index in [1.54, 1.807) is 23.6 Å². The molecule has 30 heavy (non-hydrogen) atoms. The van der Waals surface area contributed by atoms with Crippen molar-refractivity contribution in [2.24, 2.45) is 0 Å². The Hall–Kier alpha value is -3.39. The minimum absolute atomic E-state index is 0.108. The van der Waals surface area contributed by atoms with Crippen molar-refractivity contribution in [2.75, 3.05) is 12.3 Å². The summed E-state index contributed by atoms with van der Waals surface area (Å²) in [5.41, 5.74) is 8.01. The minimum Gasteiger partial charge on any atom is -0.492 e. The predicted octanol–water partition coefficient (Wildman–Crippen LogP) is 2.06. The van der Waals surface area contributed by atoms with Crippen molar-refractivity contribution in [1.82, 2.24) is 9.55 Å². The average molecular weight is 407 g/mol. The number of hydrogen-bond donors (Lipinski definition) is 2. The lowest BCUT2D eigenvalue weighted by molar-refractivity contribution is -0.172. The molecule has 0 fully saturated rings. The van der Waals surface area contributed by atoms with Gasteiger partial charge in [0.1, 0.15) is 12.4 Å². The molecule has 2 aromatic heterocycles. The zero-order chi connectivity index (χ0) is 21.2. The SMILES string of the molecule is CCOc1ccc2nc3c(cc2c1N)Cn1c-3cc2c(c1=O)COC(=O)[C@]2(O)CC. The van der Waals surface area contributed by atoms with Crippen LogP contribution in [0.5, 0.6) is 5.75 Å². The molecule has 2 aliphatic heterocycles. The van der Waals surface area contributed by atoms with E-state index in [-0.39, 0.29) is 18.6 Å². The van der Waals surface area contributed by atoms with Crippen molar-refractivity contribution >= 4 is 22.6 Å². The predicted molar refractivity (Wildman–Crippen MR) is 110 cm³/mol. The number of nitrogen functional groups attached to an aromatic ring is 1. The zero-order valence-electron chi connectivity index (χ0n) is 16.7. The Morgan fingerprint density at radius 3 is 2.83 bits per heavy atom. The van der Waals surface area contributed by atoms with Crippen LogP contribution in [0, 0.1) is 0 Å². The quantitative estimate of drug-likeness (QED) is 0.394. The molecule has 3 N–H and O–H groups in total. The first-order chi connectivity index (χ1) is 14.4. The van der Waals surface area contributed by atoms with E-state index in [0.717, 1.165) is 10.9 Å². The highest BCUT2D eigenvalue weighted by Crippen LogP contribution is 2.40. The van der Waals surface area contributed by atoms with E-state index in [1.165, 1.54) is 0 Å². The van der Waals surface area contributed by atoms with Crippen LogP contribution in [0.4, 0.5) is 5.69 Å². The summed E-state index contributed by atoms with van der Waals surface area (Å²) < 4.78 is 12.3. The van der Waals surface area contributed by atoms with Crippen molar-refractivity contribution in [1.29, 1.82) is 0 Å². The molecule has 0 aliphatic carbocycles. The number of cyclic esters (lactones) is 1. The Bertz CT molecular complexity index is 1300. The molecule has 0 unspecified atom stereocenters. The summed E-state index contributed by atoms with van der Waals surface area (Å²) in [5.74, 6) is -0.138. The molecule has 0 spiro atoms. The molecule has 5 rings (SSSR count). The van der Waals surface area contributed by atoms with Gasteiger partial charge in [-0.2, -0.15) is 0 Å². The Labute approximate surface area is 171 Å². The van der Waals surface area contributed by atoms with Crippen molar-refractivity contribution < 1.29 is 19.4 Å². The Kier molecular flexibility index (Phi) is 3.91. The van der Waals surface area contributed by atoms with Gasteiger partial charge in [-0.25, -0.2) is 9.78 Å². The van der Waals surface area contributed by atoms with Crippen LogP contribution < -0.4 is 16.0 Å². The molecule has 3 aromatic rings. The van der Waals surface area contributed by atoms with Gasteiger partial charge in [-0.05, 0) is 37.6 Å². The van der Waals surface area contributed by atoms with Crippen molar-refractivity contribution in [2.45, 2.75) is 39.0 Å². The third kappa shape index (κ3) is 2.34. The Morgan fingerprint density at radius 1 is 1.30 bits per heavy atom. The van der Waals surface area contributed by atoms with Crippen LogP contribution in [-0.4, -0.2) is 27.2 Å². The van der Waals surface area contributed by atoms with Gasteiger partial charge in [-0.1, -0.05) is 6.92 Å². The number of rotatable bonds is 3. The van der Waals surface area contributed by atoms with Gasteiger partial charge in [0.2, 0.25) is 0 Å². The summed E-state index contributed by atoms with van der Waals surface area (Å²) in [4.78, 5) is 30.2. The van der Waals surface area contributed by atoms with E-state index < -0.39 is 11.6 Å². The average Bonchev–Trinajstić information content (AvgIpc) is 3.10. The highest BCUT2D eigenvalue weighted by atomic mass is 16.6. The number of esters is 1. The van der Waals surface area contributed by atoms with Crippen LogP contribution in [0.3, 0.4) is 0 Å². The van der Waals surface area contributed by atoms with E-state index in [1.807, 2.05) is 19.1 Å². The molecule has 1 atom stereocenters. The van der Waals surface area contributed by atoms with Crippen molar-refractivity contribution in [3.8, 4) is 17.1 Å². The first kappa shape index (κ1) is 18.6. The summed E-state index contributed by atoms with van der Waals surface area (Å²) in [5, 5.41) is 11.7. The number of benzene rings is 1. The van der Waals surface area contributed by atoms with Gasteiger partial charge in [0.15, 0.2) is 5.60 Å². The summed E-state index contributed by atoms with van der Waals surface area (Å²) >= 11 is 0. The fourth-order valence-corrected chi connectivity index (χ4v) is 4.34. The first-order valence-electron chi connectivity index (χ1n) is 9.91. The second-order valence-electron chi connectivity index (χ2n) is 7.58. The molecule has 0 amide bonds. The number of fused-ring (bicyclic) bond motifs is 5. The van der Waals surface area contributed by atoms with Crippen LogP contribution in [-0.2, 0) is 28.3 Å². The standard InChI is InChI=1S/C22H21N3O5/c1-3-22(28)14-8-16-19-11(9-25(16)20(26)13(14)10-30-21(22)27)7-12-15(24-19)5-6-17(18(12)23)29-4-2/h5-8,28H,3-4,9-10,23H2,1-2H3/t22-/m0/s1. The Balaban J connectivity index is 1.74. The van der Waals surface area contributed by atoms with Crippen molar-refractivity contribution in [3.63, 3.8) is 0 Å². The highest BCUT2D eigenvalue weighted by Gasteiger charge is 2.45. The lowest BCUT2D eigenvalue weighted by atomic mass is 9.86. The number of anilines is 1. The lowest BCUT2D eigenvalue weighted by Gasteiger charge is -2.31. The maximum Gasteiger partial charge on any atom is 0.343 e. The number of carbonyl (C=O) groups is 1. The topological polar surface area (TPSA) is 117 Å². The van der Waals surface area contributed by atoms with Crippen LogP contribution in [0.2, 0.25) is 0 Å². The molecular formula is C22H21N3O5. The van der Waals surface area contributed by atoms with Crippen LogP contribution in [0.1, 0.15) is 37.0 Å². The summed E-state index contributed by atoms with van der Waals surface area (Å²) in [6.45, 7) is 4.26. The third-order valence-corrected chi connectivity index (χ3v) is 5.99. The fourth-order valence-electron chi connectivity index (χ4n) is 4.34. The smallest absolute Gasteiger partial charge is 0.343 e. The molecule has 0 radical (unpaired) electrons. The number of carbonyl (C=O) groups excluding carboxylic acids is 1. The molecule has 1 aromatic carbocycles. The molecule has 0 saturated carbocycles. The number of hydrogen-bond acceptors (Lipinski definition) is 7. The van der Waals surface area contributed by atoms with Gasteiger partial charge >= 0.3 is 5.97 Å². The van der Waals surface area contributed by atoms with E-state index in [0.29, 0.717) is 52.6 Å². The maximum atomic E-state index is 13.2. The van der Waals surface area contributed by atoms with Crippen LogP contribution in [0.25, 0.3) is 22.3 Å². The number of aromatic nitrogens is 2. The fraction of sp³-hybridized carbons (Fsp3) is 0.318.